The minimum absolute atomic E-state index is 0.868. The SMILES string of the molecule is CC[Si](CC)(CC)c1ccc([Si](C)(CCCN2CCOCC2)c2ccc([Si](CC)(CC)CC)o2)o1. The number of rotatable bonds is 14. The van der Waals surface area contributed by atoms with E-state index in [2.05, 4.69) is 77.3 Å². The van der Waals surface area contributed by atoms with E-state index in [1.807, 2.05) is 0 Å². The Kier molecular flexibility index (Phi) is 10.3. The van der Waals surface area contributed by atoms with Gasteiger partial charge in [0.15, 0.2) is 0 Å². The predicted octanol–water partition coefficient (Wildman–Crippen LogP) is 5.22. The largest absolute Gasteiger partial charge is 0.476 e. The molecule has 1 aliphatic heterocycles. The van der Waals surface area contributed by atoms with Crippen molar-refractivity contribution >= 4 is 45.8 Å². The fourth-order valence-electron chi connectivity index (χ4n) is 6.23. The van der Waals surface area contributed by atoms with Gasteiger partial charge in [0.1, 0.15) is 16.1 Å². The van der Waals surface area contributed by atoms with Gasteiger partial charge >= 0.3 is 0 Å². The highest BCUT2D eigenvalue weighted by Gasteiger charge is 2.42. The van der Waals surface area contributed by atoms with Crippen molar-refractivity contribution in [1.29, 1.82) is 0 Å². The molecule has 1 aliphatic rings. The zero-order valence-corrected chi connectivity index (χ0v) is 26.7. The third-order valence-corrected chi connectivity index (χ3v) is 24.5. The quantitative estimate of drug-likeness (QED) is 0.312. The molecule has 1 fully saturated rings. The Morgan fingerprint density at radius 2 is 1.06 bits per heavy atom. The summed E-state index contributed by atoms with van der Waals surface area (Å²) in [6, 6.07) is 18.1. The Labute approximate surface area is 217 Å². The van der Waals surface area contributed by atoms with Crippen molar-refractivity contribution in [3.63, 3.8) is 0 Å². The molecule has 0 amide bonds. The van der Waals surface area contributed by atoms with Crippen molar-refractivity contribution in [3.05, 3.63) is 24.3 Å². The summed E-state index contributed by atoms with van der Waals surface area (Å²) < 4.78 is 19.4. The average molecular weight is 534 g/mol. The Morgan fingerprint density at radius 1 is 0.657 bits per heavy atom. The summed E-state index contributed by atoms with van der Waals surface area (Å²) in [5.41, 5.74) is 0. The number of furan rings is 2. The van der Waals surface area contributed by atoms with E-state index >= 15 is 0 Å². The van der Waals surface area contributed by atoms with Gasteiger partial charge in [-0.1, -0.05) is 84.4 Å². The van der Waals surface area contributed by atoms with Crippen LogP contribution >= 0.6 is 0 Å². The molecule has 198 valence electrons. The molecule has 0 saturated carbocycles. The van der Waals surface area contributed by atoms with Crippen LogP contribution in [0.2, 0.25) is 48.9 Å². The van der Waals surface area contributed by atoms with E-state index in [1.165, 1.54) is 70.3 Å². The first-order valence-electron chi connectivity index (χ1n) is 14.4. The summed E-state index contributed by atoms with van der Waals surface area (Å²) in [5.74, 6) is 0. The maximum absolute atomic E-state index is 6.90. The summed E-state index contributed by atoms with van der Waals surface area (Å²) in [7, 11) is -5.21. The van der Waals surface area contributed by atoms with E-state index in [1.54, 1.807) is 0 Å². The van der Waals surface area contributed by atoms with Gasteiger partial charge in [0.2, 0.25) is 8.07 Å². The summed E-state index contributed by atoms with van der Waals surface area (Å²) in [5, 5.41) is 5.11. The second kappa shape index (κ2) is 12.6. The summed E-state index contributed by atoms with van der Waals surface area (Å²) in [4.78, 5) is 2.56. The molecule has 0 radical (unpaired) electrons. The van der Waals surface area contributed by atoms with E-state index in [-0.39, 0.29) is 0 Å². The standard InChI is InChI=1S/C28H51NO3Si3/c1-8-34(9-2,10-3)27-17-15-25(31-27)33(7,24-14-19-29-20-22-30-23-21-29)26-16-18-28(32-26)35(11-4,12-5)13-6/h15-18H,8-14,19-24H2,1-7H3. The molecule has 0 aliphatic carbocycles. The van der Waals surface area contributed by atoms with Crippen LogP contribution in [-0.2, 0) is 4.74 Å². The highest BCUT2D eigenvalue weighted by Crippen LogP contribution is 2.24. The average Bonchev–Trinajstić information content (AvgIpc) is 3.60. The molecule has 2 aromatic rings. The fourth-order valence-corrected chi connectivity index (χ4v) is 16.2. The molecule has 2 aromatic heterocycles. The maximum Gasteiger partial charge on any atom is 0.203 e. The zero-order chi connectivity index (χ0) is 25.5. The van der Waals surface area contributed by atoms with Gasteiger partial charge in [-0.25, -0.2) is 0 Å². The number of ether oxygens (including phenoxy) is 1. The molecular formula is C28H51NO3Si3. The number of hydrogen-bond acceptors (Lipinski definition) is 4. The van der Waals surface area contributed by atoms with E-state index in [4.69, 9.17) is 13.6 Å². The van der Waals surface area contributed by atoms with E-state index in [9.17, 15) is 0 Å². The van der Waals surface area contributed by atoms with E-state index in [0.29, 0.717) is 0 Å². The first-order valence-corrected chi connectivity index (χ1v) is 22.3. The van der Waals surface area contributed by atoms with E-state index < -0.39 is 24.2 Å². The lowest BCUT2D eigenvalue weighted by Gasteiger charge is -2.29. The van der Waals surface area contributed by atoms with Gasteiger partial charge < -0.3 is 13.6 Å². The predicted molar refractivity (Wildman–Crippen MR) is 159 cm³/mol. The van der Waals surface area contributed by atoms with E-state index in [0.717, 1.165) is 32.8 Å². The Hall–Kier alpha value is -0.869. The molecule has 0 atom stereocenters. The Morgan fingerprint density at radius 3 is 1.46 bits per heavy atom. The zero-order valence-electron chi connectivity index (χ0n) is 23.7. The van der Waals surface area contributed by atoms with Gasteiger partial charge in [-0.15, -0.1) is 0 Å². The monoisotopic (exact) mass is 533 g/mol. The topological polar surface area (TPSA) is 38.8 Å². The normalized spacial score (nSPS) is 16.2. The number of hydrogen-bond donors (Lipinski definition) is 0. The maximum atomic E-state index is 6.90. The van der Waals surface area contributed by atoms with Crippen molar-refractivity contribution < 1.29 is 13.6 Å². The third-order valence-electron chi connectivity index (χ3n) is 9.66. The molecular weight excluding hydrogens is 483 g/mol. The second-order valence-corrected chi connectivity index (χ2v) is 25.4. The molecule has 0 unspecified atom stereocenters. The summed E-state index contributed by atoms with van der Waals surface area (Å²) >= 11 is 0. The van der Waals surface area contributed by atoms with Crippen LogP contribution in [-0.4, -0.2) is 62.0 Å². The molecule has 3 heterocycles. The van der Waals surface area contributed by atoms with Crippen molar-refractivity contribution in [2.24, 2.45) is 0 Å². The van der Waals surface area contributed by atoms with Crippen molar-refractivity contribution in [1.82, 2.24) is 4.90 Å². The molecule has 0 spiro atoms. The Bertz CT molecular complexity index is 820. The van der Waals surface area contributed by atoms with Gasteiger partial charge in [-0.3, -0.25) is 4.90 Å². The molecule has 0 N–H and O–H groups in total. The van der Waals surface area contributed by atoms with Crippen molar-refractivity contribution in [2.45, 2.75) is 96.8 Å². The van der Waals surface area contributed by atoms with Gasteiger partial charge in [0, 0.05) is 13.1 Å². The van der Waals surface area contributed by atoms with Gasteiger partial charge in [0.25, 0.3) is 0 Å². The molecule has 0 bridgehead atoms. The van der Waals surface area contributed by atoms with Crippen LogP contribution in [0.25, 0.3) is 0 Å². The minimum atomic E-state index is -2.13. The van der Waals surface area contributed by atoms with Crippen LogP contribution in [0, 0.1) is 0 Å². The van der Waals surface area contributed by atoms with Gasteiger partial charge in [-0.2, -0.15) is 0 Å². The van der Waals surface area contributed by atoms with Crippen LogP contribution in [0.1, 0.15) is 48.0 Å². The van der Waals surface area contributed by atoms with Crippen LogP contribution < -0.4 is 21.5 Å². The first-order chi connectivity index (χ1) is 16.9. The summed E-state index contributed by atoms with van der Waals surface area (Å²) in [6.07, 6.45) is 1.19. The number of morpholine rings is 1. The van der Waals surface area contributed by atoms with Crippen LogP contribution in [0.15, 0.2) is 33.1 Å². The van der Waals surface area contributed by atoms with Crippen molar-refractivity contribution in [3.8, 4) is 0 Å². The smallest absolute Gasteiger partial charge is 0.203 e. The summed E-state index contributed by atoms with van der Waals surface area (Å²) in [6.45, 7) is 21.7. The molecule has 1 saturated heterocycles. The third kappa shape index (κ3) is 5.84. The lowest BCUT2D eigenvalue weighted by Crippen LogP contribution is -2.56. The first kappa shape index (κ1) is 28.7. The number of nitrogens with zero attached hydrogens (tertiary/aromatic N) is 1. The molecule has 3 rings (SSSR count). The lowest BCUT2D eigenvalue weighted by atomic mass is 10.3. The van der Waals surface area contributed by atoms with Crippen LogP contribution in [0.5, 0.6) is 0 Å². The van der Waals surface area contributed by atoms with Crippen LogP contribution in [0.4, 0.5) is 0 Å². The molecule has 4 nitrogen and oxygen atoms in total. The minimum Gasteiger partial charge on any atom is -0.476 e. The highest BCUT2D eigenvalue weighted by atomic mass is 28.3. The molecule has 7 heteroatoms. The van der Waals surface area contributed by atoms with Gasteiger partial charge in [0.05, 0.1) is 34.7 Å². The van der Waals surface area contributed by atoms with Crippen molar-refractivity contribution in [2.75, 3.05) is 32.8 Å². The Balaban J connectivity index is 1.95. The fraction of sp³-hybridized carbons (Fsp3) is 0.714. The van der Waals surface area contributed by atoms with Crippen LogP contribution in [0.3, 0.4) is 0 Å². The second-order valence-electron chi connectivity index (χ2n) is 10.9. The highest BCUT2D eigenvalue weighted by molar-refractivity contribution is 7.00. The lowest BCUT2D eigenvalue weighted by molar-refractivity contribution is 0.0379. The van der Waals surface area contributed by atoms with Gasteiger partial charge in [-0.05, 0) is 43.3 Å². The molecule has 35 heavy (non-hydrogen) atoms. The molecule has 0 aromatic carbocycles.